The highest BCUT2D eigenvalue weighted by molar-refractivity contribution is 5.96. The predicted molar refractivity (Wildman–Crippen MR) is 87.0 cm³/mol. The summed E-state index contributed by atoms with van der Waals surface area (Å²) in [5, 5.41) is 2.98. The minimum Gasteiger partial charge on any atom is -0.480 e. The third-order valence-electron chi connectivity index (χ3n) is 4.17. The number of halogens is 2. The van der Waals surface area contributed by atoms with Crippen LogP contribution in [0.3, 0.4) is 0 Å². The first kappa shape index (κ1) is 17.1. The van der Waals surface area contributed by atoms with E-state index in [1.165, 1.54) is 13.2 Å². The molecule has 1 N–H and O–H groups in total. The Bertz CT molecular complexity index is 768. The molecule has 1 aliphatic carbocycles. The standard InChI is InChI=1S/C18H18F2N2O3/c1-24-17-14(5-3-9-21-17)16(23)22-15-6-2-4-11-10-12(25-18(19)20)7-8-13(11)15/h3,5,7-10,15,18H,2,4,6H2,1H3,(H,22,23)/t15-/m0/s1. The molecule has 2 aromatic rings. The normalized spacial score (nSPS) is 16.2. The number of pyridine rings is 1. The summed E-state index contributed by atoms with van der Waals surface area (Å²) in [6.07, 6.45) is 3.94. The Kier molecular flexibility index (Phi) is 5.11. The zero-order valence-electron chi connectivity index (χ0n) is 13.7. The molecule has 1 aromatic carbocycles. The van der Waals surface area contributed by atoms with Crippen molar-refractivity contribution >= 4 is 5.91 Å². The van der Waals surface area contributed by atoms with E-state index in [4.69, 9.17) is 4.74 Å². The largest absolute Gasteiger partial charge is 0.480 e. The predicted octanol–water partition coefficient (Wildman–Crippen LogP) is 3.50. The molecule has 0 fully saturated rings. The van der Waals surface area contributed by atoms with Crippen LogP contribution in [-0.4, -0.2) is 24.6 Å². The number of nitrogens with zero attached hydrogens (tertiary/aromatic N) is 1. The molecule has 0 radical (unpaired) electrons. The topological polar surface area (TPSA) is 60.5 Å². The molecule has 0 saturated heterocycles. The SMILES string of the molecule is COc1ncccc1C(=O)N[C@H]1CCCc2cc(OC(F)F)ccc21. The number of carbonyl (C=O) groups is 1. The van der Waals surface area contributed by atoms with Crippen LogP contribution < -0.4 is 14.8 Å². The van der Waals surface area contributed by atoms with Gasteiger partial charge in [-0.3, -0.25) is 4.79 Å². The van der Waals surface area contributed by atoms with E-state index in [1.807, 2.05) is 0 Å². The van der Waals surface area contributed by atoms with E-state index in [9.17, 15) is 13.6 Å². The highest BCUT2D eigenvalue weighted by Gasteiger charge is 2.24. The first-order chi connectivity index (χ1) is 12.1. The summed E-state index contributed by atoms with van der Waals surface area (Å²) < 4.78 is 34.3. The monoisotopic (exact) mass is 348 g/mol. The highest BCUT2D eigenvalue weighted by atomic mass is 19.3. The van der Waals surface area contributed by atoms with Gasteiger partial charge < -0.3 is 14.8 Å². The number of rotatable bonds is 5. The van der Waals surface area contributed by atoms with Crippen LogP contribution >= 0.6 is 0 Å². The first-order valence-electron chi connectivity index (χ1n) is 7.96. The number of aromatic nitrogens is 1. The second-order valence-corrected chi connectivity index (χ2v) is 5.72. The summed E-state index contributed by atoms with van der Waals surface area (Å²) in [7, 11) is 1.46. The van der Waals surface area contributed by atoms with Gasteiger partial charge in [-0.05, 0) is 54.7 Å². The van der Waals surface area contributed by atoms with E-state index in [0.29, 0.717) is 5.56 Å². The lowest BCUT2D eigenvalue weighted by Gasteiger charge is -2.27. The fraction of sp³-hybridized carbons (Fsp3) is 0.333. The number of hydrogen-bond acceptors (Lipinski definition) is 4. The summed E-state index contributed by atoms with van der Waals surface area (Å²) in [5.41, 5.74) is 2.19. The molecular weight excluding hydrogens is 330 g/mol. The molecule has 1 heterocycles. The Morgan fingerprint density at radius 3 is 2.96 bits per heavy atom. The van der Waals surface area contributed by atoms with Gasteiger partial charge in [0.05, 0.1) is 13.2 Å². The minimum atomic E-state index is -2.85. The summed E-state index contributed by atoms with van der Waals surface area (Å²) in [5.74, 6) is 0.113. The fourth-order valence-corrected chi connectivity index (χ4v) is 3.08. The molecule has 1 aromatic heterocycles. The van der Waals surface area contributed by atoms with E-state index in [0.717, 1.165) is 30.4 Å². The van der Waals surface area contributed by atoms with Crippen molar-refractivity contribution in [3.8, 4) is 11.6 Å². The average Bonchev–Trinajstić information content (AvgIpc) is 2.61. The number of alkyl halides is 2. The second-order valence-electron chi connectivity index (χ2n) is 5.72. The quantitative estimate of drug-likeness (QED) is 0.898. The Balaban J connectivity index is 1.80. The lowest BCUT2D eigenvalue weighted by Crippen LogP contribution is -2.31. The zero-order chi connectivity index (χ0) is 17.8. The number of nitrogens with one attached hydrogen (secondary N) is 1. The van der Waals surface area contributed by atoms with Gasteiger partial charge in [-0.1, -0.05) is 6.07 Å². The lowest BCUT2D eigenvalue weighted by atomic mass is 9.87. The number of aryl methyl sites for hydroxylation is 1. The van der Waals surface area contributed by atoms with E-state index >= 15 is 0 Å². The molecule has 0 spiro atoms. The summed E-state index contributed by atoms with van der Waals surface area (Å²) in [6.45, 7) is -2.85. The molecule has 1 atom stereocenters. The van der Waals surface area contributed by atoms with Gasteiger partial charge in [-0.15, -0.1) is 0 Å². The van der Waals surface area contributed by atoms with Gasteiger partial charge in [0.15, 0.2) is 0 Å². The first-order valence-corrected chi connectivity index (χ1v) is 7.96. The van der Waals surface area contributed by atoms with Gasteiger partial charge in [-0.25, -0.2) is 4.98 Å². The van der Waals surface area contributed by atoms with Gasteiger partial charge in [0.2, 0.25) is 5.88 Å². The van der Waals surface area contributed by atoms with Crippen molar-refractivity contribution in [2.45, 2.75) is 31.9 Å². The van der Waals surface area contributed by atoms with Crippen molar-refractivity contribution in [2.24, 2.45) is 0 Å². The molecule has 0 aliphatic heterocycles. The number of carbonyl (C=O) groups excluding carboxylic acids is 1. The average molecular weight is 348 g/mol. The number of ether oxygens (including phenoxy) is 2. The number of methoxy groups -OCH3 is 1. The van der Waals surface area contributed by atoms with Crippen molar-refractivity contribution < 1.29 is 23.0 Å². The number of fused-ring (bicyclic) bond motifs is 1. The molecule has 132 valence electrons. The van der Waals surface area contributed by atoms with E-state index in [1.54, 1.807) is 30.5 Å². The highest BCUT2D eigenvalue weighted by Crippen LogP contribution is 2.33. The minimum absolute atomic E-state index is 0.134. The van der Waals surface area contributed by atoms with Crippen LogP contribution in [-0.2, 0) is 6.42 Å². The smallest absolute Gasteiger partial charge is 0.387 e. The van der Waals surface area contributed by atoms with E-state index in [-0.39, 0.29) is 23.6 Å². The summed E-state index contributed by atoms with van der Waals surface area (Å²) in [4.78, 5) is 16.6. The van der Waals surface area contributed by atoms with Crippen molar-refractivity contribution in [3.63, 3.8) is 0 Å². The fourth-order valence-electron chi connectivity index (χ4n) is 3.08. The molecule has 1 aliphatic rings. The second kappa shape index (κ2) is 7.46. The van der Waals surface area contributed by atoms with Crippen LogP contribution in [0, 0.1) is 0 Å². The Morgan fingerprint density at radius 1 is 1.36 bits per heavy atom. The Labute approximate surface area is 144 Å². The van der Waals surface area contributed by atoms with Gasteiger partial charge in [0.25, 0.3) is 5.91 Å². The van der Waals surface area contributed by atoms with Crippen LogP contribution in [0.4, 0.5) is 8.78 Å². The molecule has 3 rings (SSSR count). The molecule has 7 heteroatoms. The summed E-state index contributed by atoms with van der Waals surface area (Å²) in [6, 6.07) is 7.97. The van der Waals surface area contributed by atoms with Gasteiger partial charge >= 0.3 is 6.61 Å². The molecule has 25 heavy (non-hydrogen) atoms. The lowest BCUT2D eigenvalue weighted by molar-refractivity contribution is -0.0499. The molecule has 5 nitrogen and oxygen atoms in total. The Morgan fingerprint density at radius 2 is 2.20 bits per heavy atom. The molecule has 1 amide bonds. The van der Waals surface area contributed by atoms with E-state index in [2.05, 4.69) is 15.0 Å². The third-order valence-corrected chi connectivity index (χ3v) is 4.17. The van der Waals surface area contributed by atoms with Crippen molar-refractivity contribution in [3.05, 3.63) is 53.2 Å². The van der Waals surface area contributed by atoms with Crippen LogP contribution in [0.1, 0.15) is 40.4 Å². The van der Waals surface area contributed by atoms with Gasteiger partial charge in [-0.2, -0.15) is 8.78 Å². The van der Waals surface area contributed by atoms with Crippen LogP contribution in [0.5, 0.6) is 11.6 Å². The molecule has 0 unspecified atom stereocenters. The number of amides is 1. The van der Waals surface area contributed by atoms with Crippen LogP contribution in [0.25, 0.3) is 0 Å². The number of benzene rings is 1. The Hall–Kier alpha value is -2.70. The zero-order valence-corrected chi connectivity index (χ0v) is 13.7. The van der Waals surface area contributed by atoms with E-state index < -0.39 is 6.61 Å². The number of hydrogen-bond donors (Lipinski definition) is 1. The molecular formula is C18H18F2N2O3. The van der Waals surface area contributed by atoms with Gasteiger partial charge in [0, 0.05) is 6.20 Å². The summed E-state index contributed by atoms with van der Waals surface area (Å²) >= 11 is 0. The maximum absolute atomic E-state index is 12.6. The maximum Gasteiger partial charge on any atom is 0.387 e. The van der Waals surface area contributed by atoms with Gasteiger partial charge in [0.1, 0.15) is 11.3 Å². The molecule has 0 bridgehead atoms. The maximum atomic E-state index is 12.6. The van der Waals surface area contributed by atoms with Crippen molar-refractivity contribution in [1.82, 2.24) is 10.3 Å². The third kappa shape index (κ3) is 3.87. The molecule has 0 saturated carbocycles. The van der Waals surface area contributed by atoms with Crippen LogP contribution in [0.15, 0.2) is 36.5 Å². The van der Waals surface area contributed by atoms with Crippen LogP contribution in [0.2, 0.25) is 0 Å². The van der Waals surface area contributed by atoms with Crippen molar-refractivity contribution in [2.75, 3.05) is 7.11 Å². The van der Waals surface area contributed by atoms with Crippen molar-refractivity contribution in [1.29, 1.82) is 0 Å².